The number of carbonyl (C=O) groups excluding carboxylic acids is 1. The van der Waals surface area contributed by atoms with E-state index < -0.39 is 16.6 Å². The van der Waals surface area contributed by atoms with Crippen molar-refractivity contribution in [3.05, 3.63) is 0 Å². The van der Waals surface area contributed by atoms with E-state index in [2.05, 4.69) is 10.3 Å². The van der Waals surface area contributed by atoms with Crippen LogP contribution in [0.3, 0.4) is 0 Å². The molecule has 3 nitrogen and oxygen atoms in total. The second-order valence-corrected chi connectivity index (χ2v) is 8.17. The van der Waals surface area contributed by atoms with E-state index in [1.807, 2.05) is 20.8 Å². The molecule has 0 radical (unpaired) electrons. The molecule has 0 aromatic rings. The lowest BCUT2D eigenvalue weighted by Gasteiger charge is -2.27. The van der Waals surface area contributed by atoms with Crippen LogP contribution in [0.2, 0.25) is 0 Å². The number of hydrogen-bond acceptors (Lipinski definition) is 3. The molecular formula is C14H20F2N2OS. The number of halogens is 2. The molecule has 4 atom stereocenters. The van der Waals surface area contributed by atoms with E-state index in [9.17, 15) is 13.6 Å². The Labute approximate surface area is 122 Å². The zero-order valence-electron chi connectivity index (χ0n) is 12.0. The Balaban J connectivity index is 1.77. The van der Waals surface area contributed by atoms with E-state index in [4.69, 9.17) is 0 Å². The van der Waals surface area contributed by atoms with Crippen LogP contribution in [0, 0.1) is 17.8 Å². The molecule has 112 valence electrons. The van der Waals surface area contributed by atoms with Crippen molar-refractivity contribution in [1.29, 1.82) is 0 Å². The molecule has 6 heteroatoms. The van der Waals surface area contributed by atoms with E-state index in [0.29, 0.717) is 11.6 Å². The third kappa shape index (κ3) is 2.07. The zero-order valence-corrected chi connectivity index (χ0v) is 12.8. The number of alkyl halides is 2. The van der Waals surface area contributed by atoms with E-state index in [1.165, 1.54) is 11.8 Å². The van der Waals surface area contributed by atoms with Gasteiger partial charge in [0.2, 0.25) is 5.91 Å². The smallest absolute Gasteiger partial charge is 0.253 e. The van der Waals surface area contributed by atoms with Crippen molar-refractivity contribution in [2.75, 3.05) is 0 Å². The predicted molar refractivity (Wildman–Crippen MR) is 76.0 cm³/mol. The molecule has 2 saturated carbocycles. The molecule has 2 aliphatic carbocycles. The van der Waals surface area contributed by atoms with Gasteiger partial charge in [0.15, 0.2) is 5.17 Å². The summed E-state index contributed by atoms with van der Waals surface area (Å²) in [6.07, 6.45) is 1.33. The molecule has 1 N–H and O–H groups in total. The third-order valence-corrected chi connectivity index (χ3v) is 6.58. The average Bonchev–Trinajstić information content (AvgIpc) is 2.91. The van der Waals surface area contributed by atoms with Gasteiger partial charge in [-0.25, -0.2) is 8.78 Å². The van der Waals surface area contributed by atoms with Gasteiger partial charge in [-0.1, -0.05) is 25.6 Å². The lowest BCUT2D eigenvalue weighted by Crippen LogP contribution is -2.38. The molecule has 1 saturated heterocycles. The molecule has 0 spiro atoms. The van der Waals surface area contributed by atoms with E-state index in [0.717, 1.165) is 6.42 Å². The fourth-order valence-corrected chi connectivity index (χ4v) is 4.61. The Kier molecular flexibility index (Phi) is 3.16. The number of amidine groups is 1. The number of thioether (sulfide) groups is 1. The Morgan fingerprint density at radius 1 is 1.40 bits per heavy atom. The molecule has 3 rings (SSSR count). The quantitative estimate of drug-likeness (QED) is 0.852. The molecule has 3 aliphatic rings. The summed E-state index contributed by atoms with van der Waals surface area (Å²) in [4.78, 5) is 16.5. The second kappa shape index (κ2) is 4.42. The van der Waals surface area contributed by atoms with Crippen LogP contribution in [-0.4, -0.2) is 27.8 Å². The van der Waals surface area contributed by atoms with Crippen molar-refractivity contribution in [2.45, 2.75) is 56.7 Å². The highest BCUT2D eigenvalue weighted by Crippen LogP contribution is 2.55. The third-order valence-electron chi connectivity index (χ3n) is 5.09. The van der Waals surface area contributed by atoms with Crippen molar-refractivity contribution < 1.29 is 13.6 Å². The van der Waals surface area contributed by atoms with E-state index in [1.54, 1.807) is 0 Å². The lowest BCUT2D eigenvalue weighted by molar-refractivity contribution is -0.122. The molecule has 1 amide bonds. The van der Waals surface area contributed by atoms with Gasteiger partial charge < -0.3 is 5.32 Å². The van der Waals surface area contributed by atoms with Crippen molar-refractivity contribution >= 4 is 22.8 Å². The molecule has 0 aromatic carbocycles. The summed E-state index contributed by atoms with van der Waals surface area (Å²) in [7, 11) is 0. The predicted octanol–water partition coefficient (Wildman–Crippen LogP) is 3.05. The number of hydrogen-bond donors (Lipinski definition) is 1. The topological polar surface area (TPSA) is 41.5 Å². The normalized spacial score (nSPS) is 44.6. The maximum Gasteiger partial charge on any atom is 0.253 e. The number of fused-ring (bicyclic) bond motifs is 2. The summed E-state index contributed by atoms with van der Waals surface area (Å²) in [5.74, 6) is -3.01. The maximum absolute atomic E-state index is 13.8. The summed E-state index contributed by atoms with van der Waals surface area (Å²) in [5, 5.41) is 3.30. The van der Waals surface area contributed by atoms with Crippen LogP contribution in [-0.2, 0) is 4.79 Å². The summed E-state index contributed by atoms with van der Waals surface area (Å²) in [5.41, 5.74) is 0. The highest BCUT2D eigenvalue weighted by Gasteiger charge is 2.58. The van der Waals surface area contributed by atoms with Crippen molar-refractivity contribution in [1.82, 2.24) is 5.32 Å². The lowest BCUT2D eigenvalue weighted by atomic mass is 9.92. The zero-order chi connectivity index (χ0) is 14.7. The van der Waals surface area contributed by atoms with Gasteiger partial charge in [0.25, 0.3) is 5.92 Å². The van der Waals surface area contributed by atoms with Crippen LogP contribution >= 0.6 is 11.8 Å². The number of aliphatic imine (C=N–C) groups is 1. The van der Waals surface area contributed by atoms with Crippen LogP contribution in [0.25, 0.3) is 0 Å². The van der Waals surface area contributed by atoms with Crippen LogP contribution in [0.1, 0.15) is 40.0 Å². The standard InChI is InChI=1S/C14H20F2N2OS/c1-7(2)13(3)11(19)18-12(20-13)17-10-5-8-4-9(10)14(15,16)6-8/h7-10H,4-6H2,1-3H3,(H,17,18,19)/t8?,9?,10?,13-/m1/s1. The Hall–Kier alpha value is -0.650. The van der Waals surface area contributed by atoms with Gasteiger partial charge in [-0.15, -0.1) is 0 Å². The van der Waals surface area contributed by atoms with Gasteiger partial charge in [0.1, 0.15) is 4.75 Å². The van der Waals surface area contributed by atoms with Gasteiger partial charge in [-0.3, -0.25) is 9.79 Å². The van der Waals surface area contributed by atoms with Gasteiger partial charge in [0, 0.05) is 12.3 Å². The molecular weight excluding hydrogens is 282 g/mol. The fourth-order valence-electron chi connectivity index (χ4n) is 3.50. The maximum atomic E-state index is 13.8. The van der Waals surface area contributed by atoms with Crippen molar-refractivity contribution in [2.24, 2.45) is 22.7 Å². The Morgan fingerprint density at radius 2 is 2.10 bits per heavy atom. The minimum atomic E-state index is -2.58. The first-order valence-electron chi connectivity index (χ1n) is 7.18. The first-order chi connectivity index (χ1) is 9.22. The molecule has 2 bridgehead atoms. The first-order valence-corrected chi connectivity index (χ1v) is 8.00. The number of rotatable bonds is 2. The Bertz CT molecular complexity index is 480. The Morgan fingerprint density at radius 3 is 2.60 bits per heavy atom. The largest absolute Gasteiger partial charge is 0.304 e. The molecule has 0 aromatic heterocycles. The first kappa shape index (κ1) is 14.3. The summed E-state index contributed by atoms with van der Waals surface area (Å²) in [6, 6.07) is -0.332. The molecule has 1 aliphatic heterocycles. The average molecular weight is 302 g/mol. The van der Waals surface area contributed by atoms with Crippen LogP contribution in [0.4, 0.5) is 8.78 Å². The van der Waals surface area contributed by atoms with Gasteiger partial charge in [-0.2, -0.15) is 0 Å². The number of nitrogens with one attached hydrogen (secondary N) is 1. The highest BCUT2D eigenvalue weighted by molar-refractivity contribution is 8.16. The molecule has 20 heavy (non-hydrogen) atoms. The number of amides is 1. The van der Waals surface area contributed by atoms with Gasteiger partial charge in [0.05, 0.1) is 6.04 Å². The fraction of sp³-hybridized carbons (Fsp3) is 0.857. The monoisotopic (exact) mass is 302 g/mol. The molecule has 1 heterocycles. The summed E-state index contributed by atoms with van der Waals surface area (Å²) >= 11 is 1.39. The van der Waals surface area contributed by atoms with Crippen LogP contribution < -0.4 is 5.32 Å². The SMILES string of the molecule is CC(C)[C@@]1(C)SC(=NC2CC3CC2C(F)(F)C3)NC1=O. The molecule has 3 unspecified atom stereocenters. The minimum absolute atomic E-state index is 0.0161. The van der Waals surface area contributed by atoms with E-state index in [-0.39, 0.29) is 30.2 Å². The highest BCUT2D eigenvalue weighted by atomic mass is 32.2. The van der Waals surface area contributed by atoms with Crippen LogP contribution in [0.5, 0.6) is 0 Å². The van der Waals surface area contributed by atoms with Crippen molar-refractivity contribution in [3.8, 4) is 0 Å². The second-order valence-electron chi connectivity index (χ2n) is 6.73. The van der Waals surface area contributed by atoms with Gasteiger partial charge in [-0.05, 0) is 31.6 Å². The minimum Gasteiger partial charge on any atom is -0.304 e. The summed E-state index contributed by atoms with van der Waals surface area (Å²) < 4.78 is 27.0. The summed E-state index contributed by atoms with van der Waals surface area (Å²) in [6.45, 7) is 5.86. The van der Waals surface area contributed by atoms with Crippen LogP contribution in [0.15, 0.2) is 4.99 Å². The van der Waals surface area contributed by atoms with Crippen molar-refractivity contribution in [3.63, 3.8) is 0 Å². The number of carbonyl (C=O) groups is 1. The molecule has 3 fully saturated rings. The number of nitrogens with zero attached hydrogens (tertiary/aromatic N) is 1. The van der Waals surface area contributed by atoms with E-state index >= 15 is 0 Å². The van der Waals surface area contributed by atoms with Gasteiger partial charge >= 0.3 is 0 Å².